The second kappa shape index (κ2) is 6.94. The first-order valence-corrected chi connectivity index (χ1v) is 7.76. The normalized spacial score (nSPS) is 14.6. The van der Waals surface area contributed by atoms with Crippen LogP contribution in [0.5, 0.6) is 0 Å². The molecule has 1 rings (SSSR count). The van der Waals surface area contributed by atoms with Gasteiger partial charge >= 0.3 is 0 Å². The number of hydrogen-bond donors (Lipinski definition) is 2. The summed E-state index contributed by atoms with van der Waals surface area (Å²) in [7, 11) is 1.82. The molecular weight excluding hydrogens is 254 g/mol. The number of rotatable bonds is 5. The maximum absolute atomic E-state index is 4.29. The van der Waals surface area contributed by atoms with Crippen molar-refractivity contribution >= 4 is 17.3 Å². The summed E-state index contributed by atoms with van der Waals surface area (Å²) in [5, 5.41) is 8.99. The zero-order valence-electron chi connectivity index (χ0n) is 12.9. The number of aliphatic imine (C=N–C) groups is 1. The first-order chi connectivity index (χ1) is 8.86. The van der Waals surface area contributed by atoms with Gasteiger partial charge in [-0.3, -0.25) is 4.99 Å². The van der Waals surface area contributed by atoms with E-state index in [1.54, 1.807) is 0 Å². The van der Waals surface area contributed by atoms with E-state index in [-0.39, 0.29) is 5.41 Å². The van der Waals surface area contributed by atoms with E-state index in [2.05, 4.69) is 67.8 Å². The fourth-order valence-electron chi connectivity index (χ4n) is 1.63. The minimum absolute atomic E-state index is 0.118. The molecule has 1 heterocycles. The largest absolute Gasteiger partial charge is 0.356 e. The van der Waals surface area contributed by atoms with E-state index in [1.807, 2.05) is 18.4 Å². The Morgan fingerprint density at radius 1 is 1.37 bits per heavy atom. The zero-order valence-corrected chi connectivity index (χ0v) is 13.8. The summed E-state index contributed by atoms with van der Waals surface area (Å²) in [4.78, 5) is 5.69. The lowest BCUT2D eigenvalue weighted by Gasteiger charge is -2.27. The fraction of sp³-hybridized carbons (Fsp3) is 0.667. The van der Waals surface area contributed by atoms with Crippen molar-refractivity contribution in [2.75, 3.05) is 13.6 Å². The second-order valence-corrected chi connectivity index (χ2v) is 6.91. The minimum atomic E-state index is 0.118. The number of hydrogen-bond acceptors (Lipinski definition) is 2. The Morgan fingerprint density at radius 3 is 2.53 bits per heavy atom. The van der Waals surface area contributed by atoms with Crippen LogP contribution in [0.25, 0.3) is 0 Å². The lowest BCUT2D eigenvalue weighted by atomic mass is 9.91. The third-order valence-corrected chi connectivity index (χ3v) is 4.71. The average molecular weight is 281 g/mol. The molecule has 0 fully saturated rings. The summed E-state index contributed by atoms with van der Waals surface area (Å²) in [5.74, 6) is 1.47. The van der Waals surface area contributed by atoms with Crippen LogP contribution in [0.15, 0.2) is 22.5 Å². The smallest absolute Gasteiger partial charge is 0.191 e. The molecule has 0 spiro atoms. The third-order valence-electron chi connectivity index (χ3n) is 3.47. The van der Waals surface area contributed by atoms with Gasteiger partial charge in [-0.25, -0.2) is 0 Å². The molecule has 0 aliphatic heterocycles. The molecule has 0 aliphatic rings. The molecule has 4 heteroatoms. The van der Waals surface area contributed by atoms with Gasteiger partial charge < -0.3 is 10.6 Å². The van der Waals surface area contributed by atoms with Crippen LogP contribution in [0, 0.1) is 5.92 Å². The quantitative estimate of drug-likeness (QED) is 0.642. The number of thiophene rings is 1. The molecule has 0 aliphatic carbocycles. The Labute approximate surface area is 121 Å². The van der Waals surface area contributed by atoms with E-state index < -0.39 is 0 Å². The van der Waals surface area contributed by atoms with Gasteiger partial charge in [0.1, 0.15) is 0 Å². The van der Waals surface area contributed by atoms with Gasteiger partial charge in [0, 0.05) is 29.9 Å². The van der Waals surface area contributed by atoms with Crippen molar-refractivity contribution in [2.45, 2.75) is 46.1 Å². The maximum Gasteiger partial charge on any atom is 0.191 e. The molecule has 108 valence electrons. The molecule has 1 aromatic rings. The van der Waals surface area contributed by atoms with Gasteiger partial charge in [-0.15, -0.1) is 11.3 Å². The summed E-state index contributed by atoms with van der Waals surface area (Å²) in [6.07, 6.45) is 0. The van der Waals surface area contributed by atoms with E-state index in [4.69, 9.17) is 0 Å². The topological polar surface area (TPSA) is 36.4 Å². The summed E-state index contributed by atoms with van der Waals surface area (Å²) < 4.78 is 0. The van der Waals surface area contributed by atoms with Crippen LogP contribution in [-0.2, 0) is 5.41 Å². The Balaban J connectivity index is 2.54. The first-order valence-electron chi connectivity index (χ1n) is 6.88. The minimum Gasteiger partial charge on any atom is -0.356 e. The lowest BCUT2D eigenvalue weighted by Crippen LogP contribution is -2.47. The van der Waals surface area contributed by atoms with Gasteiger partial charge in [-0.1, -0.05) is 33.8 Å². The Hall–Kier alpha value is -1.03. The highest BCUT2D eigenvalue weighted by atomic mass is 32.1. The van der Waals surface area contributed by atoms with Crippen molar-refractivity contribution in [3.63, 3.8) is 0 Å². The molecule has 3 nitrogen and oxygen atoms in total. The molecule has 0 radical (unpaired) electrons. The Bertz CT molecular complexity index is 394. The molecule has 1 unspecified atom stereocenters. The number of nitrogens with zero attached hydrogens (tertiary/aromatic N) is 1. The van der Waals surface area contributed by atoms with Crippen LogP contribution in [0.4, 0.5) is 0 Å². The monoisotopic (exact) mass is 281 g/mol. The molecule has 1 atom stereocenters. The average Bonchev–Trinajstić information content (AvgIpc) is 2.88. The Kier molecular flexibility index (Phi) is 5.85. The van der Waals surface area contributed by atoms with Crippen LogP contribution in [-0.4, -0.2) is 25.6 Å². The molecule has 1 aromatic heterocycles. The molecular formula is C15H27N3S. The zero-order chi connectivity index (χ0) is 14.5. The van der Waals surface area contributed by atoms with Crippen molar-refractivity contribution in [1.82, 2.24) is 10.6 Å². The maximum atomic E-state index is 4.29. The molecule has 0 saturated carbocycles. The van der Waals surface area contributed by atoms with Crippen LogP contribution in [0.2, 0.25) is 0 Å². The highest BCUT2D eigenvalue weighted by molar-refractivity contribution is 7.10. The van der Waals surface area contributed by atoms with E-state index in [1.165, 1.54) is 4.88 Å². The molecule has 0 amide bonds. The van der Waals surface area contributed by atoms with Crippen LogP contribution in [0.3, 0.4) is 0 Å². The summed E-state index contributed by atoms with van der Waals surface area (Å²) >= 11 is 1.81. The van der Waals surface area contributed by atoms with Crippen molar-refractivity contribution in [2.24, 2.45) is 10.9 Å². The van der Waals surface area contributed by atoms with Gasteiger partial charge in [-0.2, -0.15) is 0 Å². The molecule has 19 heavy (non-hydrogen) atoms. The third kappa shape index (κ3) is 4.86. The van der Waals surface area contributed by atoms with Crippen LogP contribution >= 0.6 is 11.3 Å². The van der Waals surface area contributed by atoms with Crippen LogP contribution in [0.1, 0.15) is 39.5 Å². The lowest BCUT2D eigenvalue weighted by molar-refractivity contribution is 0.470. The first kappa shape index (κ1) is 16.0. The molecule has 0 saturated heterocycles. The summed E-state index contributed by atoms with van der Waals surface area (Å²) in [5.41, 5.74) is 0.118. The van der Waals surface area contributed by atoms with E-state index in [0.29, 0.717) is 12.0 Å². The van der Waals surface area contributed by atoms with Gasteiger partial charge in [0.05, 0.1) is 0 Å². The van der Waals surface area contributed by atoms with Crippen molar-refractivity contribution in [1.29, 1.82) is 0 Å². The summed E-state index contributed by atoms with van der Waals surface area (Å²) in [6, 6.07) is 4.71. The standard InChI is InChI=1S/C15H27N3S/c1-11(2)12(3)18-14(16-6)17-10-15(4,5)13-8-7-9-19-13/h7-9,11-12H,10H2,1-6H3,(H2,16,17,18). The number of guanidine groups is 1. The van der Waals surface area contributed by atoms with E-state index >= 15 is 0 Å². The van der Waals surface area contributed by atoms with Gasteiger partial charge in [0.15, 0.2) is 5.96 Å². The molecule has 0 bridgehead atoms. The molecule has 0 aromatic carbocycles. The molecule has 2 N–H and O–H groups in total. The van der Waals surface area contributed by atoms with Gasteiger partial charge in [-0.05, 0) is 24.3 Å². The fourth-order valence-corrected chi connectivity index (χ4v) is 2.48. The SMILES string of the molecule is CN=C(NCC(C)(C)c1cccs1)NC(C)C(C)C. The van der Waals surface area contributed by atoms with Crippen molar-refractivity contribution in [3.8, 4) is 0 Å². The van der Waals surface area contributed by atoms with E-state index in [0.717, 1.165) is 12.5 Å². The van der Waals surface area contributed by atoms with Crippen LogP contribution < -0.4 is 10.6 Å². The second-order valence-electron chi connectivity index (χ2n) is 5.96. The highest BCUT2D eigenvalue weighted by Gasteiger charge is 2.22. The predicted octanol–water partition coefficient (Wildman–Crippen LogP) is 3.24. The highest BCUT2D eigenvalue weighted by Crippen LogP contribution is 2.26. The Morgan fingerprint density at radius 2 is 2.05 bits per heavy atom. The number of nitrogens with one attached hydrogen (secondary N) is 2. The van der Waals surface area contributed by atoms with Crippen molar-refractivity contribution in [3.05, 3.63) is 22.4 Å². The summed E-state index contributed by atoms with van der Waals surface area (Å²) in [6.45, 7) is 12.0. The van der Waals surface area contributed by atoms with Gasteiger partial charge in [0.2, 0.25) is 0 Å². The van der Waals surface area contributed by atoms with Crippen molar-refractivity contribution < 1.29 is 0 Å². The van der Waals surface area contributed by atoms with Gasteiger partial charge in [0.25, 0.3) is 0 Å². The van der Waals surface area contributed by atoms with E-state index in [9.17, 15) is 0 Å². The predicted molar refractivity (Wildman–Crippen MR) is 86.1 cm³/mol.